The average Bonchev–Trinajstić information content (AvgIpc) is 3.33. The van der Waals surface area contributed by atoms with Crippen molar-refractivity contribution in [2.75, 3.05) is 13.1 Å². The molecule has 2 aliphatic heterocycles. The van der Waals surface area contributed by atoms with Crippen molar-refractivity contribution in [2.24, 2.45) is 11.3 Å². The Morgan fingerprint density at radius 2 is 2.00 bits per heavy atom. The number of likely N-dealkylation sites (tertiary alicyclic amines) is 1. The normalized spacial score (nSPS) is 25.8. The third-order valence-electron chi connectivity index (χ3n) is 7.44. The molecule has 2 atom stereocenters. The van der Waals surface area contributed by atoms with Gasteiger partial charge in [0.2, 0.25) is 11.8 Å². The van der Waals surface area contributed by atoms with Gasteiger partial charge in [-0.05, 0) is 43.7 Å². The van der Waals surface area contributed by atoms with Crippen LogP contribution in [0, 0.1) is 18.3 Å². The molecule has 3 heterocycles. The number of aromatic nitrogens is 3. The largest absolute Gasteiger partial charge is 0.345 e. The molecule has 1 N–H and O–H groups in total. The van der Waals surface area contributed by atoms with Crippen LogP contribution in [-0.2, 0) is 22.6 Å². The summed E-state index contributed by atoms with van der Waals surface area (Å²) < 4.78 is 1.91. The molecule has 1 saturated carbocycles. The Bertz CT molecular complexity index is 966. The summed E-state index contributed by atoms with van der Waals surface area (Å²) in [4.78, 5) is 32.4. The molecule has 0 bridgehead atoms. The number of hydrogen-bond acceptors (Lipinski definition) is 4. The summed E-state index contributed by atoms with van der Waals surface area (Å²) >= 11 is 0. The van der Waals surface area contributed by atoms with Crippen LogP contribution in [0.25, 0.3) is 0 Å². The number of carbonyl (C=O) groups is 2. The number of nitrogens with one attached hydrogen (secondary N) is 1. The molecule has 3 aliphatic rings. The van der Waals surface area contributed by atoms with E-state index in [1.165, 1.54) is 0 Å². The molecule has 2 amide bonds. The van der Waals surface area contributed by atoms with Crippen molar-refractivity contribution in [3.8, 4) is 0 Å². The third kappa shape index (κ3) is 3.30. The summed E-state index contributed by atoms with van der Waals surface area (Å²) in [5, 5.41) is 7.66. The van der Waals surface area contributed by atoms with E-state index >= 15 is 0 Å². The van der Waals surface area contributed by atoms with Gasteiger partial charge in [0.05, 0.1) is 12.5 Å². The molecule has 1 spiro atoms. The number of benzene rings is 1. The van der Waals surface area contributed by atoms with Crippen molar-refractivity contribution in [1.82, 2.24) is 25.0 Å². The Morgan fingerprint density at radius 3 is 2.77 bits per heavy atom. The van der Waals surface area contributed by atoms with Gasteiger partial charge in [-0.15, -0.1) is 0 Å². The lowest BCUT2D eigenvalue weighted by Crippen LogP contribution is -2.50. The summed E-state index contributed by atoms with van der Waals surface area (Å²) in [6.45, 7) is 4.23. The molecule has 7 heteroatoms. The molecule has 0 unspecified atom stereocenters. The second kappa shape index (κ2) is 7.52. The number of hydrogen-bond donors (Lipinski definition) is 1. The standard InChI is InChI=1S/C23H29N5O2/c1-16-5-2-3-6-18(16)13-19(29)27-11-9-23(14-27)10-12-28-21(24-15-25-28)20(23)26-22(30)17-7-4-8-17/h2-3,5-6,15,17,20H,4,7-14H2,1H3,(H,26,30)/t20-,23+/m1/s1. The van der Waals surface area contributed by atoms with Crippen LogP contribution in [0.15, 0.2) is 30.6 Å². The summed E-state index contributed by atoms with van der Waals surface area (Å²) in [5.41, 5.74) is 2.07. The lowest BCUT2D eigenvalue weighted by molar-refractivity contribution is -0.130. The van der Waals surface area contributed by atoms with E-state index in [2.05, 4.69) is 15.4 Å². The topological polar surface area (TPSA) is 80.1 Å². The quantitative estimate of drug-likeness (QED) is 0.844. The predicted octanol–water partition coefficient (Wildman–Crippen LogP) is 2.41. The first-order valence-corrected chi connectivity index (χ1v) is 11.1. The van der Waals surface area contributed by atoms with E-state index in [4.69, 9.17) is 0 Å². The van der Waals surface area contributed by atoms with Crippen molar-refractivity contribution < 1.29 is 9.59 Å². The second-order valence-electron chi connectivity index (χ2n) is 9.19. The van der Waals surface area contributed by atoms with Gasteiger partial charge in [0.25, 0.3) is 0 Å². The molecule has 5 rings (SSSR count). The molecule has 1 aliphatic carbocycles. The zero-order valence-corrected chi connectivity index (χ0v) is 17.5. The van der Waals surface area contributed by atoms with Crippen molar-refractivity contribution in [3.05, 3.63) is 47.5 Å². The number of aryl methyl sites for hydroxylation is 2. The van der Waals surface area contributed by atoms with E-state index in [9.17, 15) is 9.59 Å². The number of carbonyl (C=O) groups excluding carboxylic acids is 2. The molecular weight excluding hydrogens is 378 g/mol. The average molecular weight is 408 g/mol. The van der Waals surface area contributed by atoms with Crippen LogP contribution >= 0.6 is 0 Å². The van der Waals surface area contributed by atoms with Crippen LogP contribution in [0.3, 0.4) is 0 Å². The summed E-state index contributed by atoms with van der Waals surface area (Å²) in [7, 11) is 0. The summed E-state index contributed by atoms with van der Waals surface area (Å²) in [6.07, 6.45) is 6.86. The van der Waals surface area contributed by atoms with Crippen LogP contribution in [0.1, 0.15) is 55.1 Å². The van der Waals surface area contributed by atoms with E-state index in [-0.39, 0.29) is 29.2 Å². The Labute approximate surface area is 176 Å². The molecule has 30 heavy (non-hydrogen) atoms. The van der Waals surface area contributed by atoms with Crippen LogP contribution in [0.2, 0.25) is 0 Å². The minimum Gasteiger partial charge on any atom is -0.345 e. The fraction of sp³-hybridized carbons (Fsp3) is 0.565. The zero-order chi connectivity index (χ0) is 20.7. The first kappa shape index (κ1) is 19.3. The predicted molar refractivity (Wildman–Crippen MR) is 111 cm³/mol. The van der Waals surface area contributed by atoms with Gasteiger partial charge in [0.1, 0.15) is 12.2 Å². The number of nitrogens with zero attached hydrogens (tertiary/aromatic N) is 4. The molecule has 1 aromatic carbocycles. The van der Waals surface area contributed by atoms with Crippen molar-refractivity contribution >= 4 is 11.8 Å². The Kier molecular flexibility index (Phi) is 4.83. The minimum atomic E-state index is -0.182. The molecular formula is C23H29N5O2. The highest BCUT2D eigenvalue weighted by Gasteiger charge is 2.51. The Balaban J connectivity index is 1.35. The van der Waals surface area contributed by atoms with Crippen molar-refractivity contribution in [2.45, 2.75) is 58.0 Å². The maximum atomic E-state index is 13.1. The van der Waals surface area contributed by atoms with Gasteiger partial charge in [0, 0.05) is 31.0 Å². The van der Waals surface area contributed by atoms with Crippen molar-refractivity contribution in [3.63, 3.8) is 0 Å². The van der Waals surface area contributed by atoms with Crippen molar-refractivity contribution in [1.29, 1.82) is 0 Å². The van der Waals surface area contributed by atoms with E-state index in [1.807, 2.05) is 40.8 Å². The molecule has 158 valence electrons. The summed E-state index contributed by atoms with van der Waals surface area (Å²) in [5.74, 6) is 1.26. The zero-order valence-electron chi connectivity index (χ0n) is 17.5. The maximum Gasteiger partial charge on any atom is 0.227 e. The van der Waals surface area contributed by atoms with Gasteiger partial charge in [0.15, 0.2) is 0 Å². The molecule has 0 radical (unpaired) electrons. The highest BCUT2D eigenvalue weighted by Crippen LogP contribution is 2.48. The fourth-order valence-corrected chi connectivity index (χ4v) is 5.20. The number of rotatable bonds is 4. The number of amides is 2. The fourth-order valence-electron chi connectivity index (χ4n) is 5.20. The smallest absolute Gasteiger partial charge is 0.227 e. The van der Waals surface area contributed by atoms with E-state index in [0.29, 0.717) is 13.0 Å². The highest BCUT2D eigenvalue weighted by atomic mass is 16.2. The maximum absolute atomic E-state index is 13.1. The first-order chi connectivity index (χ1) is 14.6. The first-order valence-electron chi connectivity index (χ1n) is 11.1. The van der Waals surface area contributed by atoms with Gasteiger partial charge in [-0.3, -0.25) is 9.59 Å². The second-order valence-corrected chi connectivity index (χ2v) is 9.19. The molecule has 1 saturated heterocycles. The monoisotopic (exact) mass is 407 g/mol. The van der Waals surface area contributed by atoms with E-state index in [1.54, 1.807) is 6.33 Å². The molecule has 2 fully saturated rings. The Hall–Kier alpha value is -2.70. The number of fused-ring (bicyclic) bond motifs is 1. The molecule has 2 aromatic rings. The molecule has 7 nitrogen and oxygen atoms in total. The minimum absolute atomic E-state index is 0.126. The van der Waals surface area contributed by atoms with Gasteiger partial charge in [-0.2, -0.15) is 5.10 Å². The highest BCUT2D eigenvalue weighted by molar-refractivity contribution is 5.80. The van der Waals surface area contributed by atoms with Crippen LogP contribution in [0.5, 0.6) is 0 Å². The molecule has 1 aromatic heterocycles. The van der Waals surface area contributed by atoms with Crippen LogP contribution in [0.4, 0.5) is 0 Å². The van der Waals surface area contributed by atoms with Gasteiger partial charge in [-0.25, -0.2) is 9.67 Å². The summed E-state index contributed by atoms with van der Waals surface area (Å²) in [6, 6.07) is 7.89. The van der Waals surface area contributed by atoms with Crippen LogP contribution < -0.4 is 5.32 Å². The third-order valence-corrected chi connectivity index (χ3v) is 7.44. The van der Waals surface area contributed by atoms with Gasteiger partial charge in [-0.1, -0.05) is 30.7 Å². The van der Waals surface area contributed by atoms with E-state index in [0.717, 1.165) is 62.1 Å². The SMILES string of the molecule is Cc1ccccc1CC(=O)N1CC[C@]2(CCn3ncnc3[C@H]2NC(=O)C2CCC2)C1. The van der Waals surface area contributed by atoms with Gasteiger partial charge >= 0.3 is 0 Å². The van der Waals surface area contributed by atoms with Gasteiger partial charge < -0.3 is 10.2 Å². The lowest BCUT2D eigenvalue weighted by Gasteiger charge is -2.41. The Morgan fingerprint density at radius 1 is 1.20 bits per heavy atom. The van der Waals surface area contributed by atoms with E-state index < -0.39 is 0 Å². The lowest BCUT2D eigenvalue weighted by atomic mass is 9.73. The van der Waals surface area contributed by atoms with Crippen LogP contribution in [-0.4, -0.2) is 44.6 Å².